The fourth-order valence-corrected chi connectivity index (χ4v) is 1.17. The lowest BCUT2D eigenvalue weighted by Crippen LogP contribution is -2.04. The zero-order chi connectivity index (χ0) is 11.1. The highest BCUT2D eigenvalue weighted by Crippen LogP contribution is 2.09. The van der Waals surface area contributed by atoms with Crippen molar-refractivity contribution in [3.63, 3.8) is 0 Å². The van der Waals surface area contributed by atoms with E-state index in [0.717, 1.165) is 5.69 Å². The number of rotatable bonds is 5. The van der Waals surface area contributed by atoms with Crippen molar-refractivity contribution < 1.29 is 4.79 Å². The first-order valence-corrected chi connectivity index (χ1v) is 5.26. The van der Waals surface area contributed by atoms with Gasteiger partial charge in [-0.15, -0.1) is 11.6 Å². The smallest absolute Gasteiger partial charge is 0.157 e. The van der Waals surface area contributed by atoms with Gasteiger partial charge < -0.3 is 5.32 Å². The maximum atomic E-state index is 11.2. The number of carbonyl (C=O) groups excluding carboxylic acids is 1. The van der Waals surface area contributed by atoms with Gasteiger partial charge in [-0.3, -0.25) is 9.78 Å². The Hall–Kier alpha value is -1.35. The molecule has 1 aromatic rings. The molecule has 0 fully saturated rings. The molecular formula is C11H13ClN2O. The van der Waals surface area contributed by atoms with Gasteiger partial charge in [0.15, 0.2) is 5.78 Å². The van der Waals surface area contributed by atoms with Crippen LogP contribution in [0.2, 0.25) is 0 Å². The zero-order valence-electron chi connectivity index (χ0n) is 8.53. The van der Waals surface area contributed by atoms with Crippen LogP contribution < -0.4 is 5.32 Å². The first-order chi connectivity index (χ1) is 7.26. The molecule has 0 saturated heterocycles. The van der Waals surface area contributed by atoms with Gasteiger partial charge in [0.25, 0.3) is 0 Å². The van der Waals surface area contributed by atoms with E-state index in [1.807, 2.05) is 19.1 Å². The van der Waals surface area contributed by atoms with Gasteiger partial charge in [0.1, 0.15) is 0 Å². The number of pyridine rings is 1. The number of alkyl halides is 1. The third-order valence-corrected chi connectivity index (χ3v) is 2.10. The van der Waals surface area contributed by atoms with E-state index in [2.05, 4.69) is 10.3 Å². The topological polar surface area (TPSA) is 42.0 Å². The fourth-order valence-electron chi connectivity index (χ4n) is 1.03. The summed E-state index contributed by atoms with van der Waals surface area (Å²) in [6, 6.07) is 3.63. The molecule has 0 spiro atoms. The number of ketones is 1. The molecule has 1 aromatic heterocycles. The van der Waals surface area contributed by atoms with Crippen molar-refractivity contribution in [1.29, 1.82) is 0 Å². The molecule has 0 amide bonds. The molecule has 4 heteroatoms. The van der Waals surface area contributed by atoms with Gasteiger partial charge in [-0.25, -0.2) is 0 Å². The van der Waals surface area contributed by atoms with Crippen molar-refractivity contribution in [2.75, 3.05) is 11.2 Å². The first-order valence-electron chi connectivity index (χ1n) is 4.72. The zero-order valence-corrected chi connectivity index (χ0v) is 9.29. The number of carbonyl (C=O) groups is 1. The summed E-state index contributed by atoms with van der Waals surface area (Å²) in [6.45, 7) is 1.82. The van der Waals surface area contributed by atoms with E-state index >= 15 is 0 Å². The summed E-state index contributed by atoms with van der Waals surface area (Å²) < 4.78 is 0. The molecule has 1 N–H and O–H groups in total. The molecule has 1 heterocycles. The highest BCUT2D eigenvalue weighted by molar-refractivity contribution is 6.20. The van der Waals surface area contributed by atoms with Crippen LogP contribution >= 0.6 is 11.6 Å². The summed E-state index contributed by atoms with van der Waals surface area (Å²) in [6.07, 6.45) is 5.37. The van der Waals surface area contributed by atoms with Crippen molar-refractivity contribution in [2.24, 2.45) is 0 Å². The van der Waals surface area contributed by atoms with Gasteiger partial charge >= 0.3 is 0 Å². The number of allylic oxidation sites excluding steroid dienone is 2. The number of nitrogens with one attached hydrogen (secondary N) is 1. The van der Waals surface area contributed by atoms with E-state index < -0.39 is 0 Å². The number of nitrogens with zero attached hydrogens (tertiary/aromatic N) is 1. The molecule has 0 saturated carbocycles. The van der Waals surface area contributed by atoms with Crippen molar-refractivity contribution >= 4 is 23.1 Å². The summed E-state index contributed by atoms with van der Waals surface area (Å²) in [5, 5.41) is 3.06. The van der Waals surface area contributed by atoms with Gasteiger partial charge in [0.2, 0.25) is 0 Å². The van der Waals surface area contributed by atoms with E-state index in [-0.39, 0.29) is 11.7 Å². The van der Waals surface area contributed by atoms with Crippen LogP contribution in [0.4, 0.5) is 5.69 Å². The van der Waals surface area contributed by atoms with Crippen LogP contribution in [0.25, 0.3) is 0 Å². The van der Waals surface area contributed by atoms with Crippen LogP contribution in [0.5, 0.6) is 0 Å². The highest BCUT2D eigenvalue weighted by atomic mass is 35.5. The third kappa shape index (κ3) is 4.13. The summed E-state index contributed by atoms with van der Waals surface area (Å²) in [5.41, 5.74) is 1.58. The SMILES string of the molecule is CCC(=O)/C=C(\CCl)Nc1ccncc1. The van der Waals surface area contributed by atoms with Crippen LogP contribution in [-0.4, -0.2) is 16.6 Å². The predicted octanol–water partition coefficient (Wildman–Crippen LogP) is 2.60. The number of anilines is 1. The minimum absolute atomic E-state index is 0.0622. The van der Waals surface area contributed by atoms with Crippen LogP contribution in [0.3, 0.4) is 0 Å². The Bertz CT molecular complexity index is 349. The molecule has 0 unspecified atom stereocenters. The Balaban J connectivity index is 2.70. The average molecular weight is 225 g/mol. The van der Waals surface area contributed by atoms with E-state index in [1.54, 1.807) is 12.4 Å². The van der Waals surface area contributed by atoms with E-state index in [9.17, 15) is 4.79 Å². The van der Waals surface area contributed by atoms with Crippen molar-refractivity contribution in [3.8, 4) is 0 Å². The summed E-state index contributed by atoms with van der Waals surface area (Å²) >= 11 is 5.72. The van der Waals surface area contributed by atoms with E-state index in [1.165, 1.54) is 6.08 Å². The van der Waals surface area contributed by atoms with Gasteiger partial charge in [-0.2, -0.15) is 0 Å². The number of halogens is 1. The molecule has 0 aliphatic rings. The van der Waals surface area contributed by atoms with Crippen LogP contribution in [0.1, 0.15) is 13.3 Å². The molecule has 0 aromatic carbocycles. The average Bonchev–Trinajstić information content (AvgIpc) is 2.29. The predicted molar refractivity (Wildman–Crippen MR) is 62.0 cm³/mol. The molecule has 15 heavy (non-hydrogen) atoms. The van der Waals surface area contributed by atoms with Crippen molar-refractivity contribution in [1.82, 2.24) is 4.98 Å². The second-order valence-corrected chi connectivity index (χ2v) is 3.25. The lowest BCUT2D eigenvalue weighted by molar-refractivity contribution is -0.114. The first kappa shape index (κ1) is 11.7. The number of aromatic nitrogens is 1. The van der Waals surface area contributed by atoms with E-state index in [4.69, 9.17) is 11.6 Å². The molecule has 3 nitrogen and oxygen atoms in total. The van der Waals surface area contributed by atoms with Crippen molar-refractivity contribution in [3.05, 3.63) is 36.3 Å². The van der Waals surface area contributed by atoms with Crippen LogP contribution in [-0.2, 0) is 4.79 Å². The molecule has 80 valence electrons. The second-order valence-electron chi connectivity index (χ2n) is 2.98. The lowest BCUT2D eigenvalue weighted by atomic mass is 10.2. The number of hydrogen-bond donors (Lipinski definition) is 1. The maximum Gasteiger partial charge on any atom is 0.157 e. The van der Waals surface area contributed by atoms with Gasteiger partial charge in [-0.05, 0) is 12.1 Å². The standard InChI is InChI=1S/C11H13ClN2O/c1-2-11(15)7-10(8-12)14-9-3-5-13-6-4-9/h3-7H,2,8H2,1H3,(H,13,14)/b10-7+. The van der Waals surface area contributed by atoms with Gasteiger partial charge in [0, 0.05) is 36.3 Å². The maximum absolute atomic E-state index is 11.2. The molecule has 0 aliphatic carbocycles. The summed E-state index contributed by atoms with van der Waals surface area (Å²) in [5.74, 6) is 0.348. The quantitative estimate of drug-likeness (QED) is 0.618. The minimum atomic E-state index is 0.0622. The van der Waals surface area contributed by atoms with E-state index in [0.29, 0.717) is 12.1 Å². The monoisotopic (exact) mass is 224 g/mol. The fraction of sp³-hybridized carbons (Fsp3) is 0.273. The normalized spacial score (nSPS) is 11.2. The molecule has 0 aliphatic heterocycles. The molecule has 1 rings (SSSR count). The minimum Gasteiger partial charge on any atom is -0.358 e. The Labute approximate surface area is 94.2 Å². The third-order valence-electron chi connectivity index (χ3n) is 1.81. The van der Waals surface area contributed by atoms with Crippen LogP contribution in [0, 0.1) is 0 Å². The van der Waals surface area contributed by atoms with Crippen molar-refractivity contribution in [2.45, 2.75) is 13.3 Å². The highest BCUT2D eigenvalue weighted by Gasteiger charge is 1.99. The summed E-state index contributed by atoms with van der Waals surface area (Å²) in [4.78, 5) is 15.1. The Morgan fingerprint density at radius 2 is 2.20 bits per heavy atom. The molecule has 0 atom stereocenters. The Morgan fingerprint density at radius 3 is 2.73 bits per heavy atom. The lowest BCUT2D eigenvalue weighted by Gasteiger charge is -2.07. The van der Waals surface area contributed by atoms with Gasteiger partial charge in [0.05, 0.1) is 5.88 Å². The molecular weight excluding hydrogens is 212 g/mol. The largest absolute Gasteiger partial charge is 0.358 e. The molecule has 0 bridgehead atoms. The number of hydrogen-bond acceptors (Lipinski definition) is 3. The van der Waals surface area contributed by atoms with Crippen LogP contribution in [0.15, 0.2) is 36.3 Å². The second kappa shape index (κ2) is 6.19. The Kier molecular flexibility index (Phi) is 4.84. The van der Waals surface area contributed by atoms with Gasteiger partial charge in [-0.1, -0.05) is 6.92 Å². The Morgan fingerprint density at radius 1 is 1.53 bits per heavy atom. The molecule has 0 radical (unpaired) electrons. The summed E-state index contributed by atoms with van der Waals surface area (Å²) in [7, 11) is 0.